The lowest BCUT2D eigenvalue weighted by Gasteiger charge is -2.36. The quantitative estimate of drug-likeness (QED) is 0.825. The maximum atomic E-state index is 3.62. The van der Waals surface area contributed by atoms with E-state index in [9.17, 15) is 0 Å². The lowest BCUT2D eigenvalue weighted by atomic mass is 9.83. The minimum absolute atomic E-state index is 0.728. The lowest BCUT2D eigenvalue weighted by Crippen LogP contribution is -2.47. The van der Waals surface area contributed by atoms with E-state index in [0.717, 1.165) is 18.0 Å². The molecule has 2 nitrogen and oxygen atoms in total. The van der Waals surface area contributed by atoms with Crippen LogP contribution in [0.5, 0.6) is 0 Å². The van der Waals surface area contributed by atoms with Crippen molar-refractivity contribution in [2.45, 2.75) is 76.8 Å². The van der Waals surface area contributed by atoms with Gasteiger partial charge in [0.1, 0.15) is 0 Å². The summed E-state index contributed by atoms with van der Waals surface area (Å²) in [6.45, 7) is 5.04. The van der Waals surface area contributed by atoms with E-state index in [2.05, 4.69) is 24.2 Å². The van der Waals surface area contributed by atoms with Crippen LogP contribution in [0.1, 0.15) is 64.7 Å². The number of hydrogen-bond donors (Lipinski definition) is 1. The van der Waals surface area contributed by atoms with Gasteiger partial charge < -0.3 is 5.32 Å². The Kier molecular flexibility index (Phi) is 5.97. The summed E-state index contributed by atoms with van der Waals surface area (Å²) in [5.41, 5.74) is 0. The van der Waals surface area contributed by atoms with Crippen LogP contribution in [0.25, 0.3) is 0 Å². The Hall–Kier alpha value is -0.0800. The average molecular weight is 252 g/mol. The third-order valence-corrected chi connectivity index (χ3v) is 5.21. The van der Waals surface area contributed by atoms with Crippen LogP contribution in [0.2, 0.25) is 0 Å². The average Bonchev–Trinajstić information content (AvgIpc) is 2.62. The molecule has 2 heteroatoms. The maximum Gasteiger partial charge on any atom is 0.0220 e. The first-order valence-corrected chi connectivity index (χ1v) is 8.22. The molecule has 0 spiro atoms. The van der Waals surface area contributed by atoms with Crippen LogP contribution < -0.4 is 5.32 Å². The zero-order valence-corrected chi connectivity index (χ0v) is 12.5. The fraction of sp³-hybridized carbons (Fsp3) is 1.00. The third-order valence-electron chi connectivity index (χ3n) is 5.21. The van der Waals surface area contributed by atoms with Crippen molar-refractivity contribution in [1.29, 1.82) is 0 Å². The van der Waals surface area contributed by atoms with Crippen LogP contribution in [-0.4, -0.2) is 37.1 Å². The summed E-state index contributed by atoms with van der Waals surface area (Å²) in [5.74, 6) is 0.930. The van der Waals surface area contributed by atoms with E-state index >= 15 is 0 Å². The first kappa shape index (κ1) is 14.3. The number of nitrogens with one attached hydrogen (secondary N) is 1. The van der Waals surface area contributed by atoms with Crippen LogP contribution in [0.15, 0.2) is 0 Å². The highest BCUT2D eigenvalue weighted by molar-refractivity contribution is 4.83. The molecule has 106 valence electrons. The van der Waals surface area contributed by atoms with Gasteiger partial charge in [-0.2, -0.15) is 0 Å². The molecule has 0 bridgehead atoms. The molecule has 1 saturated heterocycles. The van der Waals surface area contributed by atoms with Gasteiger partial charge in [-0.25, -0.2) is 0 Å². The number of nitrogens with zero attached hydrogens (tertiary/aromatic N) is 1. The molecule has 18 heavy (non-hydrogen) atoms. The van der Waals surface area contributed by atoms with Gasteiger partial charge in [0.15, 0.2) is 0 Å². The zero-order valence-electron chi connectivity index (χ0n) is 12.5. The Balaban J connectivity index is 1.87. The second-order valence-electron chi connectivity index (χ2n) is 6.49. The normalized spacial score (nSPS) is 30.0. The van der Waals surface area contributed by atoms with Crippen molar-refractivity contribution in [2.24, 2.45) is 5.92 Å². The van der Waals surface area contributed by atoms with Gasteiger partial charge >= 0.3 is 0 Å². The second kappa shape index (κ2) is 7.49. The predicted molar refractivity (Wildman–Crippen MR) is 78.9 cm³/mol. The number of hydrogen-bond acceptors (Lipinski definition) is 2. The van der Waals surface area contributed by atoms with E-state index in [1.807, 2.05) is 0 Å². The standard InChI is InChI=1S/C16H32N2/c1-14-9-5-4-8-12-18(14)13-16(17-2)15-10-6-3-7-11-15/h14-17H,3-13H2,1-2H3. The summed E-state index contributed by atoms with van der Waals surface area (Å²) < 4.78 is 0. The molecule has 1 aliphatic heterocycles. The molecule has 2 aliphatic rings. The number of likely N-dealkylation sites (N-methyl/N-ethyl adjacent to an activating group) is 1. The topological polar surface area (TPSA) is 15.3 Å². The minimum Gasteiger partial charge on any atom is -0.315 e. The van der Waals surface area contributed by atoms with Crippen molar-refractivity contribution in [2.75, 3.05) is 20.1 Å². The summed E-state index contributed by atoms with van der Waals surface area (Å²) >= 11 is 0. The number of rotatable bonds is 4. The van der Waals surface area contributed by atoms with Gasteiger partial charge in [0.05, 0.1) is 0 Å². The Morgan fingerprint density at radius 2 is 1.67 bits per heavy atom. The molecule has 0 aromatic rings. The minimum atomic E-state index is 0.728. The fourth-order valence-electron chi connectivity index (χ4n) is 3.87. The Morgan fingerprint density at radius 3 is 2.39 bits per heavy atom. The van der Waals surface area contributed by atoms with Gasteiger partial charge in [-0.1, -0.05) is 32.1 Å². The Morgan fingerprint density at radius 1 is 1.00 bits per heavy atom. The van der Waals surface area contributed by atoms with Crippen LogP contribution in [0.4, 0.5) is 0 Å². The fourth-order valence-corrected chi connectivity index (χ4v) is 3.87. The molecular formula is C16H32N2. The molecule has 1 heterocycles. The summed E-state index contributed by atoms with van der Waals surface area (Å²) in [7, 11) is 2.17. The van der Waals surface area contributed by atoms with E-state index in [0.29, 0.717) is 0 Å². The highest BCUT2D eigenvalue weighted by atomic mass is 15.2. The predicted octanol–water partition coefficient (Wildman–Crippen LogP) is 3.42. The van der Waals surface area contributed by atoms with E-state index in [-0.39, 0.29) is 0 Å². The molecule has 1 aliphatic carbocycles. The summed E-state index contributed by atoms with van der Waals surface area (Å²) in [6, 6.07) is 1.53. The van der Waals surface area contributed by atoms with Gasteiger partial charge in [-0.15, -0.1) is 0 Å². The molecule has 1 saturated carbocycles. The molecule has 2 rings (SSSR count). The van der Waals surface area contributed by atoms with Crippen molar-refractivity contribution in [3.8, 4) is 0 Å². The molecule has 2 fully saturated rings. The summed E-state index contributed by atoms with van der Waals surface area (Å²) in [5, 5.41) is 3.62. The van der Waals surface area contributed by atoms with Crippen LogP contribution in [0.3, 0.4) is 0 Å². The monoisotopic (exact) mass is 252 g/mol. The largest absolute Gasteiger partial charge is 0.315 e. The van der Waals surface area contributed by atoms with Gasteiger partial charge in [0.2, 0.25) is 0 Å². The van der Waals surface area contributed by atoms with E-state index < -0.39 is 0 Å². The summed E-state index contributed by atoms with van der Waals surface area (Å²) in [6.07, 6.45) is 13.0. The number of likely N-dealkylation sites (tertiary alicyclic amines) is 1. The second-order valence-corrected chi connectivity index (χ2v) is 6.49. The Labute approximate surface area is 114 Å². The summed E-state index contributed by atoms with van der Waals surface area (Å²) in [4.78, 5) is 2.75. The first-order valence-electron chi connectivity index (χ1n) is 8.22. The Bertz CT molecular complexity index is 223. The zero-order chi connectivity index (χ0) is 12.8. The van der Waals surface area contributed by atoms with Gasteiger partial charge in [0, 0.05) is 18.6 Å². The van der Waals surface area contributed by atoms with E-state index in [1.54, 1.807) is 0 Å². The molecule has 0 amide bonds. The van der Waals surface area contributed by atoms with E-state index in [1.165, 1.54) is 70.9 Å². The van der Waals surface area contributed by atoms with Crippen LogP contribution in [0, 0.1) is 5.92 Å². The molecule has 2 unspecified atom stereocenters. The maximum absolute atomic E-state index is 3.62. The smallest absolute Gasteiger partial charge is 0.0220 e. The van der Waals surface area contributed by atoms with Crippen molar-refractivity contribution < 1.29 is 0 Å². The van der Waals surface area contributed by atoms with Gasteiger partial charge in [-0.05, 0) is 52.1 Å². The molecular weight excluding hydrogens is 220 g/mol. The van der Waals surface area contributed by atoms with Crippen LogP contribution in [-0.2, 0) is 0 Å². The first-order chi connectivity index (χ1) is 8.81. The van der Waals surface area contributed by atoms with Gasteiger partial charge in [-0.3, -0.25) is 4.90 Å². The lowest BCUT2D eigenvalue weighted by molar-refractivity contribution is 0.155. The van der Waals surface area contributed by atoms with Crippen LogP contribution >= 0.6 is 0 Å². The van der Waals surface area contributed by atoms with Crippen molar-refractivity contribution >= 4 is 0 Å². The SMILES string of the molecule is CNC(CN1CCCCCC1C)C1CCCCC1. The molecule has 2 atom stereocenters. The van der Waals surface area contributed by atoms with Crippen molar-refractivity contribution in [3.63, 3.8) is 0 Å². The highest BCUT2D eigenvalue weighted by Crippen LogP contribution is 2.27. The van der Waals surface area contributed by atoms with Crippen molar-refractivity contribution in [3.05, 3.63) is 0 Å². The molecule has 0 aromatic heterocycles. The molecule has 0 aromatic carbocycles. The third kappa shape index (κ3) is 3.96. The van der Waals surface area contributed by atoms with Gasteiger partial charge in [0.25, 0.3) is 0 Å². The molecule has 1 N–H and O–H groups in total. The highest BCUT2D eigenvalue weighted by Gasteiger charge is 2.26. The molecule has 0 radical (unpaired) electrons. The van der Waals surface area contributed by atoms with Crippen molar-refractivity contribution in [1.82, 2.24) is 10.2 Å². The van der Waals surface area contributed by atoms with E-state index in [4.69, 9.17) is 0 Å².